The van der Waals surface area contributed by atoms with Gasteiger partial charge in [0.2, 0.25) is 0 Å². The molecule has 0 aliphatic carbocycles. The lowest BCUT2D eigenvalue weighted by Crippen LogP contribution is -2.45. The molecule has 1 aromatic carbocycles. The van der Waals surface area contributed by atoms with Crippen LogP contribution < -0.4 is 5.32 Å². The number of benzene rings is 1. The fourth-order valence-corrected chi connectivity index (χ4v) is 5.52. The maximum atomic E-state index is 13.5. The number of hydrogen-bond acceptors (Lipinski definition) is 5. The highest BCUT2D eigenvalue weighted by Gasteiger charge is 2.36. The van der Waals surface area contributed by atoms with Crippen molar-refractivity contribution < 1.29 is 13.2 Å². The summed E-state index contributed by atoms with van der Waals surface area (Å²) in [4.78, 5) is 8.88. The summed E-state index contributed by atoms with van der Waals surface area (Å²) in [5.41, 5.74) is 4.79. The molecule has 0 unspecified atom stereocenters. The number of pyridine rings is 1. The van der Waals surface area contributed by atoms with E-state index in [4.69, 9.17) is 4.98 Å². The van der Waals surface area contributed by atoms with Crippen LogP contribution in [0.2, 0.25) is 0 Å². The number of aromatic nitrogens is 3. The number of anilines is 1. The lowest BCUT2D eigenvalue weighted by atomic mass is 9.85. The average molecular weight is 473 g/mol. The van der Waals surface area contributed by atoms with Crippen molar-refractivity contribution >= 4 is 16.6 Å². The number of likely N-dealkylation sites (tertiary alicyclic amines) is 1. The summed E-state index contributed by atoms with van der Waals surface area (Å²) in [7, 11) is 0. The fraction of sp³-hybridized carbons (Fsp3) is 0.520. The predicted molar refractivity (Wildman–Crippen MR) is 127 cm³/mol. The fourth-order valence-electron chi connectivity index (χ4n) is 5.52. The molecule has 6 nitrogen and oxygen atoms in total. The van der Waals surface area contributed by atoms with E-state index in [1.807, 2.05) is 42.3 Å². The zero-order valence-corrected chi connectivity index (χ0v) is 19.4. The molecule has 3 aromatic rings. The van der Waals surface area contributed by atoms with Gasteiger partial charge in [0, 0.05) is 37.1 Å². The number of rotatable bonds is 8. The molecule has 9 heteroatoms. The molecule has 2 aromatic heterocycles. The standard InChI is InChI=1S/C25H31F3N6/c1-16-11-20-19(4-6-22-21(20)13-30-32-22)25(34(16)15-24(27)28)23-5-3-17(12-29-23)31-18-7-10-33(14-18)9-2-8-26/h3-6,12-13,16,18,24-25,31H,2,7-11,14-15H2,1H3,(H,30,32)/t16-,18+,25+/m1/s1. The zero-order chi connectivity index (χ0) is 23.7. The van der Waals surface area contributed by atoms with Crippen molar-refractivity contribution in [2.75, 3.05) is 38.2 Å². The summed E-state index contributed by atoms with van der Waals surface area (Å²) >= 11 is 0. The van der Waals surface area contributed by atoms with Crippen molar-refractivity contribution in [2.45, 2.75) is 50.7 Å². The van der Waals surface area contributed by atoms with Crippen LogP contribution in [0.1, 0.15) is 42.6 Å². The van der Waals surface area contributed by atoms with Gasteiger partial charge in [-0.25, -0.2) is 8.78 Å². The van der Waals surface area contributed by atoms with Crippen molar-refractivity contribution in [2.24, 2.45) is 0 Å². The summed E-state index contributed by atoms with van der Waals surface area (Å²) in [5.74, 6) is 0. The van der Waals surface area contributed by atoms with Gasteiger partial charge < -0.3 is 10.2 Å². The molecule has 182 valence electrons. The minimum atomic E-state index is -2.42. The first-order valence-corrected chi connectivity index (χ1v) is 12.0. The smallest absolute Gasteiger partial charge is 0.251 e. The number of H-pyrrole nitrogens is 1. The van der Waals surface area contributed by atoms with Crippen molar-refractivity contribution in [3.8, 4) is 0 Å². The third-order valence-corrected chi connectivity index (χ3v) is 7.13. The Morgan fingerprint density at radius 2 is 2.09 bits per heavy atom. The lowest BCUT2D eigenvalue weighted by Gasteiger charge is -2.41. The molecule has 5 rings (SSSR count). The van der Waals surface area contributed by atoms with Crippen LogP contribution in [0.15, 0.2) is 36.7 Å². The SMILES string of the molecule is C[C@@H]1Cc2c(ccc3[nH]ncc23)[C@@H](c2ccc(N[C@H]3CCN(CCCF)C3)cn2)N1CC(F)F. The van der Waals surface area contributed by atoms with Gasteiger partial charge in [-0.3, -0.25) is 19.4 Å². The van der Waals surface area contributed by atoms with Gasteiger partial charge >= 0.3 is 0 Å². The Bertz CT molecular complexity index is 1100. The van der Waals surface area contributed by atoms with Crippen LogP contribution in [0.5, 0.6) is 0 Å². The summed E-state index contributed by atoms with van der Waals surface area (Å²) in [6, 6.07) is 7.82. The van der Waals surface area contributed by atoms with Crippen LogP contribution in [0.3, 0.4) is 0 Å². The van der Waals surface area contributed by atoms with Crippen molar-refractivity contribution in [3.63, 3.8) is 0 Å². The quantitative estimate of drug-likeness (QED) is 0.509. The number of halogens is 3. The number of alkyl halides is 3. The minimum Gasteiger partial charge on any atom is -0.380 e. The van der Waals surface area contributed by atoms with Crippen molar-refractivity contribution in [1.29, 1.82) is 0 Å². The lowest BCUT2D eigenvalue weighted by molar-refractivity contribution is 0.0456. The molecule has 34 heavy (non-hydrogen) atoms. The summed E-state index contributed by atoms with van der Waals surface area (Å²) < 4.78 is 39.6. The first kappa shape index (κ1) is 23.1. The highest BCUT2D eigenvalue weighted by molar-refractivity contribution is 5.83. The highest BCUT2D eigenvalue weighted by atomic mass is 19.3. The van der Waals surface area contributed by atoms with Gasteiger partial charge in [-0.1, -0.05) is 6.07 Å². The molecule has 0 bridgehead atoms. The van der Waals surface area contributed by atoms with Gasteiger partial charge in [0.05, 0.1) is 48.6 Å². The van der Waals surface area contributed by atoms with E-state index in [9.17, 15) is 13.2 Å². The monoisotopic (exact) mass is 472 g/mol. The van der Waals surface area contributed by atoms with Crippen LogP contribution in [-0.2, 0) is 6.42 Å². The summed E-state index contributed by atoms with van der Waals surface area (Å²) in [5, 5.41) is 11.8. The van der Waals surface area contributed by atoms with Crippen LogP contribution >= 0.6 is 0 Å². The molecule has 1 fully saturated rings. The van der Waals surface area contributed by atoms with Crippen molar-refractivity contribution in [3.05, 3.63) is 53.5 Å². The van der Waals surface area contributed by atoms with E-state index in [0.717, 1.165) is 59.5 Å². The normalized spacial score (nSPS) is 23.6. The van der Waals surface area contributed by atoms with Gasteiger partial charge in [-0.05, 0) is 55.5 Å². The molecular weight excluding hydrogens is 441 g/mol. The van der Waals surface area contributed by atoms with Crippen molar-refractivity contribution in [1.82, 2.24) is 25.0 Å². The molecule has 3 atom stereocenters. The second-order valence-electron chi connectivity index (χ2n) is 9.45. The molecule has 0 spiro atoms. The van der Waals surface area contributed by atoms with E-state index >= 15 is 0 Å². The Morgan fingerprint density at radius 1 is 1.21 bits per heavy atom. The number of hydrogen-bond donors (Lipinski definition) is 2. The van der Waals surface area contributed by atoms with Gasteiger partial charge in [0.15, 0.2) is 0 Å². The van der Waals surface area contributed by atoms with Crippen LogP contribution in [-0.4, -0.2) is 76.3 Å². The van der Waals surface area contributed by atoms with Gasteiger partial charge in [0.25, 0.3) is 6.43 Å². The molecule has 2 aliphatic heterocycles. The topological polar surface area (TPSA) is 60.1 Å². The second kappa shape index (κ2) is 9.92. The molecule has 2 aliphatic rings. The van der Waals surface area contributed by atoms with Crippen LogP contribution in [0.25, 0.3) is 10.9 Å². The second-order valence-corrected chi connectivity index (χ2v) is 9.45. The Kier molecular flexibility index (Phi) is 6.74. The van der Waals surface area contributed by atoms with E-state index in [0.29, 0.717) is 18.9 Å². The largest absolute Gasteiger partial charge is 0.380 e. The third kappa shape index (κ3) is 4.63. The molecule has 1 saturated heterocycles. The number of nitrogens with one attached hydrogen (secondary N) is 2. The first-order chi connectivity index (χ1) is 16.5. The Hall–Kier alpha value is -2.65. The van der Waals surface area contributed by atoms with Gasteiger partial charge in [-0.15, -0.1) is 0 Å². The molecule has 0 radical (unpaired) electrons. The average Bonchev–Trinajstić information content (AvgIpc) is 3.48. The Labute approximate surface area is 197 Å². The minimum absolute atomic E-state index is 0.0552. The summed E-state index contributed by atoms with van der Waals surface area (Å²) in [6.07, 6.45) is 3.47. The molecular formula is C25H31F3N6. The third-order valence-electron chi connectivity index (χ3n) is 7.13. The van der Waals surface area contributed by atoms with Crippen LogP contribution in [0, 0.1) is 0 Å². The molecule has 4 heterocycles. The zero-order valence-electron chi connectivity index (χ0n) is 19.4. The number of fused-ring (bicyclic) bond motifs is 3. The van der Waals surface area contributed by atoms with E-state index in [1.165, 1.54) is 0 Å². The molecule has 0 amide bonds. The Morgan fingerprint density at radius 3 is 2.85 bits per heavy atom. The van der Waals surface area contributed by atoms with Gasteiger partial charge in [-0.2, -0.15) is 5.10 Å². The predicted octanol–water partition coefficient (Wildman–Crippen LogP) is 4.40. The maximum absolute atomic E-state index is 13.5. The van der Waals surface area contributed by atoms with Crippen LogP contribution in [0.4, 0.5) is 18.9 Å². The first-order valence-electron chi connectivity index (χ1n) is 12.0. The molecule has 0 saturated carbocycles. The van der Waals surface area contributed by atoms with E-state index in [-0.39, 0.29) is 25.3 Å². The maximum Gasteiger partial charge on any atom is 0.251 e. The van der Waals surface area contributed by atoms with E-state index in [1.54, 1.807) is 6.20 Å². The molecule has 2 N–H and O–H groups in total. The highest BCUT2D eigenvalue weighted by Crippen LogP contribution is 2.40. The van der Waals surface area contributed by atoms with Gasteiger partial charge in [0.1, 0.15) is 0 Å². The number of aromatic amines is 1. The van der Waals surface area contributed by atoms with E-state index < -0.39 is 6.43 Å². The van der Waals surface area contributed by atoms with E-state index in [2.05, 4.69) is 20.4 Å². The Balaban J connectivity index is 1.39. The summed E-state index contributed by atoms with van der Waals surface area (Å²) in [6.45, 7) is 4.06. The number of nitrogens with zero attached hydrogens (tertiary/aromatic N) is 4.